The van der Waals surface area contributed by atoms with E-state index in [2.05, 4.69) is 6.92 Å². The molecule has 108 valence electrons. The zero-order valence-electron chi connectivity index (χ0n) is 11.9. The third-order valence-corrected chi connectivity index (χ3v) is 4.87. The molecule has 0 atom stereocenters. The van der Waals surface area contributed by atoms with E-state index in [4.69, 9.17) is 4.74 Å². The van der Waals surface area contributed by atoms with Gasteiger partial charge in [-0.2, -0.15) is 4.31 Å². The summed E-state index contributed by atoms with van der Waals surface area (Å²) >= 11 is 0. The minimum atomic E-state index is -3.38. The summed E-state index contributed by atoms with van der Waals surface area (Å²) in [5, 5.41) is 0. The van der Waals surface area contributed by atoms with Gasteiger partial charge in [0.05, 0.1) is 11.5 Å². The molecule has 1 aromatic carbocycles. The van der Waals surface area contributed by atoms with Crippen molar-refractivity contribution in [2.45, 2.75) is 38.5 Å². The SMILES string of the molecule is CCCCN(CC)S(=O)(=O)c1ccc(OCC)cc1. The van der Waals surface area contributed by atoms with Crippen molar-refractivity contribution in [2.24, 2.45) is 0 Å². The molecule has 0 unspecified atom stereocenters. The molecule has 0 saturated carbocycles. The van der Waals surface area contributed by atoms with Crippen LogP contribution in [0.4, 0.5) is 0 Å². The largest absolute Gasteiger partial charge is 0.494 e. The van der Waals surface area contributed by atoms with Crippen LogP contribution in [0.25, 0.3) is 0 Å². The van der Waals surface area contributed by atoms with Gasteiger partial charge >= 0.3 is 0 Å². The first-order chi connectivity index (χ1) is 9.06. The van der Waals surface area contributed by atoms with Gasteiger partial charge in [-0.15, -0.1) is 0 Å². The van der Waals surface area contributed by atoms with E-state index in [-0.39, 0.29) is 0 Å². The molecule has 1 aromatic rings. The highest BCUT2D eigenvalue weighted by molar-refractivity contribution is 7.89. The van der Waals surface area contributed by atoms with E-state index >= 15 is 0 Å². The molecule has 1 rings (SSSR count). The molecule has 0 aliphatic heterocycles. The fraction of sp³-hybridized carbons (Fsp3) is 0.571. The Morgan fingerprint density at radius 1 is 1.11 bits per heavy atom. The standard InChI is InChI=1S/C14H23NO3S/c1-4-7-12-15(5-2)19(16,17)14-10-8-13(9-11-14)18-6-3/h8-11H,4-7,12H2,1-3H3. The Labute approximate surface area is 116 Å². The average Bonchev–Trinajstić information content (AvgIpc) is 2.40. The van der Waals surface area contributed by atoms with Gasteiger partial charge in [0.2, 0.25) is 10.0 Å². The molecule has 19 heavy (non-hydrogen) atoms. The zero-order chi connectivity index (χ0) is 14.3. The fourth-order valence-electron chi connectivity index (χ4n) is 1.81. The molecule has 0 radical (unpaired) electrons. The number of hydrogen-bond donors (Lipinski definition) is 0. The predicted octanol–water partition coefficient (Wildman–Crippen LogP) is 2.90. The Morgan fingerprint density at radius 3 is 2.21 bits per heavy atom. The van der Waals surface area contributed by atoms with Gasteiger partial charge in [-0.3, -0.25) is 0 Å². The minimum Gasteiger partial charge on any atom is -0.494 e. The van der Waals surface area contributed by atoms with Gasteiger partial charge in [0.1, 0.15) is 5.75 Å². The topological polar surface area (TPSA) is 46.6 Å². The Hall–Kier alpha value is -1.07. The smallest absolute Gasteiger partial charge is 0.243 e. The van der Waals surface area contributed by atoms with Crippen LogP contribution in [0.5, 0.6) is 5.75 Å². The van der Waals surface area contributed by atoms with Crippen LogP contribution in [0, 0.1) is 0 Å². The van der Waals surface area contributed by atoms with Crippen molar-refractivity contribution in [3.8, 4) is 5.75 Å². The van der Waals surface area contributed by atoms with Crippen molar-refractivity contribution in [1.82, 2.24) is 4.31 Å². The summed E-state index contributed by atoms with van der Waals surface area (Å²) < 4.78 is 31.7. The van der Waals surface area contributed by atoms with Crippen LogP contribution in [0.2, 0.25) is 0 Å². The fourth-order valence-corrected chi connectivity index (χ4v) is 3.29. The van der Waals surface area contributed by atoms with Gasteiger partial charge in [-0.25, -0.2) is 8.42 Å². The van der Waals surface area contributed by atoms with Crippen molar-refractivity contribution < 1.29 is 13.2 Å². The number of ether oxygens (including phenoxy) is 1. The molecule has 0 heterocycles. The number of hydrogen-bond acceptors (Lipinski definition) is 3. The minimum absolute atomic E-state index is 0.328. The van der Waals surface area contributed by atoms with Gasteiger partial charge in [-0.1, -0.05) is 20.3 Å². The first-order valence-corrected chi connectivity index (χ1v) is 8.23. The van der Waals surface area contributed by atoms with E-state index in [0.717, 1.165) is 12.8 Å². The summed E-state index contributed by atoms with van der Waals surface area (Å²) in [6.07, 6.45) is 1.86. The summed E-state index contributed by atoms with van der Waals surface area (Å²) in [7, 11) is -3.38. The summed E-state index contributed by atoms with van der Waals surface area (Å²) in [5.74, 6) is 0.693. The molecular formula is C14H23NO3S. The first-order valence-electron chi connectivity index (χ1n) is 6.79. The highest BCUT2D eigenvalue weighted by atomic mass is 32.2. The van der Waals surface area contributed by atoms with Gasteiger partial charge in [0, 0.05) is 13.1 Å². The van der Waals surface area contributed by atoms with Crippen molar-refractivity contribution in [3.05, 3.63) is 24.3 Å². The lowest BCUT2D eigenvalue weighted by molar-refractivity contribution is 0.340. The molecule has 0 amide bonds. The molecule has 0 bridgehead atoms. The number of nitrogens with zero attached hydrogens (tertiary/aromatic N) is 1. The van der Waals surface area contributed by atoms with Gasteiger partial charge < -0.3 is 4.74 Å². The van der Waals surface area contributed by atoms with Gasteiger partial charge in [-0.05, 0) is 37.6 Å². The number of unbranched alkanes of at least 4 members (excludes halogenated alkanes) is 1. The lowest BCUT2D eigenvalue weighted by Gasteiger charge is -2.20. The van der Waals surface area contributed by atoms with Crippen molar-refractivity contribution in [2.75, 3.05) is 19.7 Å². The Bertz CT molecular complexity index is 468. The molecule has 0 fully saturated rings. The predicted molar refractivity (Wildman–Crippen MR) is 77.0 cm³/mol. The molecule has 0 aliphatic rings. The van der Waals surface area contributed by atoms with E-state index in [1.807, 2.05) is 13.8 Å². The van der Waals surface area contributed by atoms with Crippen molar-refractivity contribution in [3.63, 3.8) is 0 Å². The highest BCUT2D eigenvalue weighted by Crippen LogP contribution is 2.19. The van der Waals surface area contributed by atoms with Crippen molar-refractivity contribution in [1.29, 1.82) is 0 Å². The maximum atomic E-state index is 12.4. The molecular weight excluding hydrogens is 262 g/mol. The second kappa shape index (κ2) is 7.50. The van der Waals surface area contributed by atoms with Crippen LogP contribution in [-0.2, 0) is 10.0 Å². The first kappa shape index (κ1) is 16.0. The Balaban J connectivity index is 2.91. The van der Waals surface area contributed by atoms with Crippen LogP contribution in [0.1, 0.15) is 33.6 Å². The maximum absolute atomic E-state index is 12.4. The van der Waals surface area contributed by atoms with Gasteiger partial charge in [0.15, 0.2) is 0 Å². The normalized spacial score (nSPS) is 11.8. The molecule has 0 saturated heterocycles. The number of rotatable bonds is 8. The van der Waals surface area contributed by atoms with E-state index in [9.17, 15) is 8.42 Å². The molecule has 0 aromatic heterocycles. The maximum Gasteiger partial charge on any atom is 0.243 e. The average molecular weight is 285 g/mol. The second-order valence-corrected chi connectivity index (χ2v) is 6.19. The van der Waals surface area contributed by atoms with E-state index < -0.39 is 10.0 Å². The third kappa shape index (κ3) is 4.21. The monoisotopic (exact) mass is 285 g/mol. The molecule has 4 nitrogen and oxygen atoms in total. The van der Waals surface area contributed by atoms with Crippen LogP contribution in [0.3, 0.4) is 0 Å². The zero-order valence-corrected chi connectivity index (χ0v) is 12.7. The lowest BCUT2D eigenvalue weighted by atomic mass is 10.3. The lowest BCUT2D eigenvalue weighted by Crippen LogP contribution is -2.31. The van der Waals surface area contributed by atoms with Crippen molar-refractivity contribution >= 4 is 10.0 Å². The van der Waals surface area contributed by atoms with E-state index in [1.165, 1.54) is 4.31 Å². The molecule has 0 aliphatic carbocycles. The summed E-state index contributed by atoms with van der Waals surface area (Å²) in [5.41, 5.74) is 0. The van der Waals surface area contributed by atoms with E-state index in [0.29, 0.717) is 30.3 Å². The van der Waals surface area contributed by atoms with Crippen LogP contribution in [0.15, 0.2) is 29.2 Å². The van der Waals surface area contributed by atoms with Crippen LogP contribution >= 0.6 is 0 Å². The van der Waals surface area contributed by atoms with Gasteiger partial charge in [0.25, 0.3) is 0 Å². The number of sulfonamides is 1. The molecule has 0 N–H and O–H groups in total. The molecule has 0 spiro atoms. The van der Waals surface area contributed by atoms with E-state index in [1.54, 1.807) is 24.3 Å². The third-order valence-electron chi connectivity index (χ3n) is 2.89. The Morgan fingerprint density at radius 2 is 1.74 bits per heavy atom. The Kier molecular flexibility index (Phi) is 6.31. The van der Waals surface area contributed by atoms with Crippen LogP contribution < -0.4 is 4.74 Å². The second-order valence-electron chi connectivity index (χ2n) is 4.25. The van der Waals surface area contributed by atoms with Crippen LogP contribution in [-0.4, -0.2) is 32.4 Å². The summed E-state index contributed by atoms with van der Waals surface area (Å²) in [4.78, 5) is 0.328. The summed E-state index contributed by atoms with van der Waals surface area (Å²) in [6, 6.07) is 6.61. The number of benzene rings is 1. The quantitative estimate of drug-likeness (QED) is 0.738. The summed E-state index contributed by atoms with van der Waals surface area (Å²) in [6.45, 7) is 7.45. The molecule has 5 heteroatoms. The highest BCUT2D eigenvalue weighted by Gasteiger charge is 2.22.